The molecule has 1 nitrogen and oxygen atoms in total. The number of unbranched alkanes of at least 4 members (excludes halogenated alkanes) is 5. The normalized spacial score (nSPS) is 19.8. The average molecular weight is 183 g/mol. The zero-order valence-electron chi connectivity index (χ0n) is 9.36. The summed E-state index contributed by atoms with van der Waals surface area (Å²) in [6, 6.07) is 0. The molecule has 1 heteroatoms. The van der Waals surface area contributed by atoms with Gasteiger partial charge < -0.3 is 5.32 Å². The summed E-state index contributed by atoms with van der Waals surface area (Å²) >= 11 is 0. The molecule has 0 aromatic carbocycles. The number of hydrogen-bond donors (Lipinski definition) is 1. The molecule has 1 N–H and O–H groups in total. The van der Waals surface area contributed by atoms with Crippen molar-refractivity contribution in [3.05, 3.63) is 0 Å². The van der Waals surface area contributed by atoms with Crippen molar-refractivity contribution in [2.75, 3.05) is 13.1 Å². The van der Waals surface area contributed by atoms with Gasteiger partial charge in [0.1, 0.15) is 0 Å². The van der Waals surface area contributed by atoms with E-state index in [0.717, 1.165) is 0 Å². The molecule has 0 spiro atoms. The van der Waals surface area contributed by atoms with Gasteiger partial charge in [-0.25, -0.2) is 0 Å². The molecule has 1 heterocycles. The van der Waals surface area contributed by atoms with Gasteiger partial charge in [0.25, 0.3) is 0 Å². The molecule has 13 heavy (non-hydrogen) atoms. The van der Waals surface area contributed by atoms with Crippen LogP contribution < -0.4 is 5.32 Å². The van der Waals surface area contributed by atoms with Crippen molar-refractivity contribution in [3.8, 4) is 0 Å². The van der Waals surface area contributed by atoms with E-state index < -0.39 is 0 Å². The highest BCUT2D eigenvalue weighted by atomic mass is 15.0. The van der Waals surface area contributed by atoms with E-state index in [1.54, 1.807) is 0 Å². The summed E-state index contributed by atoms with van der Waals surface area (Å²) in [7, 11) is 0. The van der Waals surface area contributed by atoms with Gasteiger partial charge in [0.2, 0.25) is 0 Å². The summed E-state index contributed by atoms with van der Waals surface area (Å²) in [4.78, 5) is 0. The maximum atomic E-state index is 3.36. The summed E-state index contributed by atoms with van der Waals surface area (Å²) in [5.41, 5.74) is 0.657. The molecule has 0 saturated carbocycles. The van der Waals surface area contributed by atoms with Gasteiger partial charge in [0.05, 0.1) is 0 Å². The van der Waals surface area contributed by atoms with Crippen LogP contribution in [0.25, 0.3) is 0 Å². The molecule has 1 saturated heterocycles. The van der Waals surface area contributed by atoms with Crippen molar-refractivity contribution in [3.63, 3.8) is 0 Å². The van der Waals surface area contributed by atoms with Crippen LogP contribution in [-0.4, -0.2) is 13.1 Å². The van der Waals surface area contributed by atoms with Crippen LogP contribution in [-0.2, 0) is 0 Å². The van der Waals surface area contributed by atoms with Crippen LogP contribution in [0.4, 0.5) is 0 Å². The lowest BCUT2D eigenvalue weighted by Crippen LogP contribution is -2.51. The van der Waals surface area contributed by atoms with E-state index in [1.165, 1.54) is 58.0 Å². The fourth-order valence-corrected chi connectivity index (χ4v) is 2.06. The highest BCUT2D eigenvalue weighted by molar-refractivity contribution is 4.87. The fourth-order valence-electron chi connectivity index (χ4n) is 2.06. The standard InChI is InChI=1S/C12H25N/c1-3-4-5-6-7-8-9-12(2)10-13-11-12/h13H,3-11H2,1-2H3. The van der Waals surface area contributed by atoms with Crippen LogP contribution in [0.1, 0.15) is 58.8 Å². The van der Waals surface area contributed by atoms with Crippen molar-refractivity contribution in [1.82, 2.24) is 5.32 Å². The molecular weight excluding hydrogens is 158 g/mol. The third-order valence-electron chi connectivity index (χ3n) is 3.24. The van der Waals surface area contributed by atoms with Crippen molar-refractivity contribution < 1.29 is 0 Å². The maximum absolute atomic E-state index is 3.36. The van der Waals surface area contributed by atoms with E-state index in [0.29, 0.717) is 5.41 Å². The highest BCUT2D eigenvalue weighted by Crippen LogP contribution is 2.28. The van der Waals surface area contributed by atoms with Crippen LogP contribution in [0.2, 0.25) is 0 Å². The van der Waals surface area contributed by atoms with Crippen molar-refractivity contribution in [2.45, 2.75) is 58.8 Å². The third kappa shape index (κ3) is 4.12. The smallest absolute Gasteiger partial charge is 0.00176 e. The Morgan fingerprint density at radius 2 is 1.62 bits per heavy atom. The average Bonchev–Trinajstić information content (AvgIpc) is 2.08. The van der Waals surface area contributed by atoms with Gasteiger partial charge in [-0.15, -0.1) is 0 Å². The highest BCUT2D eigenvalue weighted by Gasteiger charge is 2.30. The fraction of sp³-hybridized carbons (Fsp3) is 1.00. The van der Waals surface area contributed by atoms with E-state index >= 15 is 0 Å². The van der Waals surface area contributed by atoms with Crippen molar-refractivity contribution in [2.24, 2.45) is 5.41 Å². The first-order valence-corrected chi connectivity index (χ1v) is 5.97. The van der Waals surface area contributed by atoms with Gasteiger partial charge in [-0.05, 0) is 11.8 Å². The van der Waals surface area contributed by atoms with Gasteiger partial charge in [-0.3, -0.25) is 0 Å². The largest absolute Gasteiger partial charge is 0.316 e. The van der Waals surface area contributed by atoms with Crippen LogP contribution >= 0.6 is 0 Å². The summed E-state index contributed by atoms with van der Waals surface area (Å²) in [5.74, 6) is 0. The lowest BCUT2D eigenvalue weighted by Gasteiger charge is -2.39. The zero-order chi connectivity index (χ0) is 9.57. The zero-order valence-corrected chi connectivity index (χ0v) is 9.36. The molecule has 1 rings (SSSR count). The van der Waals surface area contributed by atoms with Crippen molar-refractivity contribution >= 4 is 0 Å². The number of nitrogens with one attached hydrogen (secondary N) is 1. The summed E-state index contributed by atoms with van der Waals surface area (Å²) < 4.78 is 0. The molecule has 0 amide bonds. The Bertz CT molecular complexity index is 127. The molecule has 1 aliphatic rings. The van der Waals surface area contributed by atoms with Gasteiger partial charge in [-0.2, -0.15) is 0 Å². The predicted molar refractivity (Wildman–Crippen MR) is 59.0 cm³/mol. The minimum Gasteiger partial charge on any atom is -0.316 e. The predicted octanol–water partition coefficient (Wildman–Crippen LogP) is 3.35. The van der Waals surface area contributed by atoms with E-state index in [-0.39, 0.29) is 0 Å². The summed E-state index contributed by atoms with van der Waals surface area (Å²) in [6.07, 6.45) is 10.0. The Labute approximate surface area is 83.3 Å². The molecule has 1 fully saturated rings. The Morgan fingerprint density at radius 1 is 1.00 bits per heavy atom. The number of hydrogen-bond acceptors (Lipinski definition) is 1. The van der Waals surface area contributed by atoms with Gasteiger partial charge in [0.15, 0.2) is 0 Å². The SMILES string of the molecule is CCCCCCCCC1(C)CNC1. The molecular formula is C12H25N. The summed E-state index contributed by atoms with van der Waals surface area (Å²) in [5, 5.41) is 3.36. The summed E-state index contributed by atoms with van der Waals surface area (Å²) in [6.45, 7) is 7.19. The minimum absolute atomic E-state index is 0.657. The third-order valence-corrected chi connectivity index (χ3v) is 3.24. The van der Waals surface area contributed by atoms with E-state index in [2.05, 4.69) is 19.2 Å². The Morgan fingerprint density at radius 3 is 2.15 bits per heavy atom. The Balaban J connectivity index is 1.83. The van der Waals surface area contributed by atoms with Crippen LogP contribution in [0, 0.1) is 5.41 Å². The lowest BCUT2D eigenvalue weighted by atomic mass is 9.79. The second-order valence-electron chi connectivity index (χ2n) is 4.93. The molecule has 0 atom stereocenters. The Hall–Kier alpha value is -0.0400. The van der Waals surface area contributed by atoms with Crippen LogP contribution in [0.3, 0.4) is 0 Å². The maximum Gasteiger partial charge on any atom is 0.00176 e. The van der Waals surface area contributed by atoms with Crippen LogP contribution in [0.5, 0.6) is 0 Å². The van der Waals surface area contributed by atoms with Gasteiger partial charge >= 0.3 is 0 Å². The molecule has 0 bridgehead atoms. The molecule has 0 aromatic heterocycles. The Kier molecular flexibility index (Phi) is 4.79. The van der Waals surface area contributed by atoms with E-state index in [4.69, 9.17) is 0 Å². The quantitative estimate of drug-likeness (QED) is 0.597. The monoisotopic (exact) mass is 183 g/mol. The molecule has 0 radical (unpaired) electrons. The molecule has 0 aromatic rings. The first kappa shape index (κ1) is 11.0. The molecule has 1 aliphatic heterocycles. The molecule has 0 unspecified atom stereocenters. The van der Waals surface area contributed by atoms with E-state index in [1.807, 2.05) is 0 Å². The molecule has 0 aliphatic carbocycles. The minimum atomic E-state index is 0.657. The molecule has 78 valence electrons. The van der Waals surface area contributed by atoms with Gasteiger partial charge in [0, 0.05) is 13.1 Å². The first-order valence-electron chi connectivity index (χ1n) is 5.97. The first-order chi connectivity index (χ1) is 6.27. The van der Waals surface area contributed by atoms with Crippen LogP contribution in [0.15, 0.2) is 0 Å². The van der Waals surface area contributed by atoms with Gasteiger partial charge in [-0.1, -0.05) is 52.4 Å². The second kappa shape index (κ2) is 5.64. The second-order valence-corrected chi connectivity index (χ2v) is 4.93. The van der Waals surface area contributed by atoms with Crippen molar-refractivity contribution in [1.29, 1.82) is 0 Å². The topological polar surface area (TPSA) is 12.0 Å². The number of rotatable bonds is 7. The van der Waals surface area contributed by atoms with E-state index in [9.17, 15) is 0 Å². The lowest BCUT2D eigenvalue weighted by molar-refractivity contribution is 0.174.